The molecule has 0 aliphatic rings. The van der Waals surface area contributed by atoms with E-state index < -0.39 is 0 Å². The van der Waals surface area contributed by atoms with Gasteiger partial charge in [-0.3, -0.25) is 0 Å². The van der Waals surface area contributed by atoms with Gasteiger partial charge in [-0.25, -0.2) is 0 Å². The molecule has 0 bridgehead atoms. The molecule has 1 atom stereocenters. The van der Waals surface area contributed by atoms with Gasteiger partial charge in [0.25, 0.3) is 0 Å². The number of benzene rings is 2. The molecular formula is C16H21NO. The third-order valence-corrected chi connectivity index (χ3v) is 3.27. The van der Waals surface area contributed by atoms with Crippen LogP contribution in [-0.4, -0.2) is 13.7 Å². The van der Waals surface area contributed by atoms with E-state index in [9.17, 15) is 0 Å². The molecule has 0 aliphatic heterocycles. The van der Waals surface area contributed by atoms with Crippen LogP contribution in [0.3, 0.4) is 0 Å². The van der Waals surface area contributed by atoms with E-state index in [-0.39, 0.29) is 0 Å². The van der Waals surface area contributed by atoms with Crippen molar-refractivity contribution < 1.29 is 4.74 Å². The predicted molar refractivity (Wildman–Crippen MR) is 77.2 cm³/mol. The van der Waals surface area contributed by atoms with Gasteiger partial charge in [0.1, 0.15) is 5.75 Å². The van der Waals surface area contributed by atoms with Crippen molar-refractivity contribution in [2.45, 2.75) is 26.3 Å². The minimum Gasteiger partial charge on any atom is -0.497 e. The zero-order valence-electron chi connectivity index (χ0n) is 11.4. The molecule has 0 aromatic heterocycles. The van der Waals surface area contributed by atoms with Gasteiger partial charge >= 0.3 is 0 Å². The lowest BCUT2D eigenvalue weighted by molar-refractivity contribution is 0.415. The predicted octanol–water partition coefficient (Wildman–Crippen LogP) is 3.91. The zero-order chi connectivity index (χ0) is 13.0. The van der Waals surface area contributed by atoms with E-state index >= 15 is 0 Å². The van der Waals surface area contributed by atoms with Crippen LogP contribution in [0.25, 0.3) is 10.8 Å². The van der Waals surface area contributed by atoms with Crippen molar-refractivity contribution in [2.24, 2.45) is 0 Å². The van der Waals surface area contributed by atoms with Crippen LogP contribution in [-0.2, 0) is 0 Å². The van der Waals surface area contributed by atoms with Crippen LogP contribution in [0.1, 0.15) is 31.9 Å². The van der Waals surface area contributed by atoms with E-state index in [4.69, 9.17) is 4.74 Å². The van der Waals surface area contributed by atoms with Crippen molar-refractivity contribution in [2.75, 3.05) is 13.7 Å². The molecule has 0 amide bonds. The number of ether oxygens (including phenoxy) is 1. The second-order valence-corrected chi connectivity index (χ2v) is 4.65. The number of fused-ring (bicyclic) bond motifs is 1. The maximum atomic E-state index is 5.24. The van der Waals surface area contributed by atoms with E-state index in [2.05, 4.69) is 49.5 Å². The lowest BCUT2D eigenvalue weighted by Gasteiger charge is -2.14. The van der Waals surface area contributed by atoms with Crippen molar-refractivity contribution in [3.63, 3.8) is 0 Å². The van der Waals surface area contributed by atoms with Gasteiger partial charge in [-0.2, -0.15) is 0 Å². The Bertz CT molecular complexity index is 521. The standard InChI is InChI=1S/C16H21NO/c1-4-9-17-12(2)13-5-6-15-11-16(18-3)8-7-14(15)10-13/h5-8,10-12,17H,4,9H2,1-3H3. The summed E-state index contributed by atoms with van der Waals surface area (Å²) in [6.07, 6.45) is 1.16. The molecule has 0 spiro atoms. The summed E-state index contributed by atoms with van der Waals surface area (Å²) in [5, 5.41) is 6.00. The Hall–Kier alpha value is -1.54. The first-order valence-electron chi connectivity index (χ1n) is 6.55. The van der Waals surface area contributed by atoms with E-state index in [1.165, 1.54) is 16.3 Å². The van der Waals surface area contributed by atoms with E-state index in [0.29, 0.717) is 6.04 Å². The van der Waals surface area contributed by atoms with Crippen LogP contribution in [0.4, 0.5) is 0 Å². The zero-order valence-corrected chi connectivity index (χ0v) is 11.4. The van der Waals surface area contributed by atoms with Gasteiger partial charge in [0.15, 0.2) is 0 Å². The van der Waals surface area contributed by atoms with Gasteiger partial charge < -0.3 is 10.1 Å². The minimum absolute atomic E-state index is 0.399. The molecule has 0 saturated heterocycles. The highest BCUT2D eigenvalue weighted by atomic mass is 16.5. The highest BCUT2D eigenvalue weighted by molar-refractivity contribution is 5.84. The summed E-state index contributed by atoms with van der Waals surface area (Å²) < 4.78 is 5.24. The average molecular weight is 243 g/mol. The molecule has 18 heavy (non-hydrogen) atoms. The molecule has 0 radical (unpaired) electrons. The van der Waals surface area contributed by atoms with Crippen LogP contribution < -0.4 is 10.1 Å². The second kappa shape index (κ2) is 5.87. The van der Waals surface area contributed by atoms with Crippen molar-refractivity contribution in [3.8, 4) is 5.75 Å². The molecule has 96 valence electrons. The normalized spacial score (nSPS) is 12.6. The maximum Gasteiger partial charge on any atom is 0.119 e. The molecule has 1 unspecified atom stereocenters. The Morgan fingerprint density at radius 3 is 2.56 bits per heavy atom. The first-order chi connectivity index (χ1) is 8.74. The molecule has 0 fully saturated rings. The molecule has 0 saturated carbocycles. The number of nitrogens with one attached hydrogen (secondary N) is 1. The fraction of sp³-hybridized carbons (Fsp3) is 0.375. The molecule has 2 heteroatoms. The molecular weight excluding hydrogens is 222 g/mol. The molecule has 1 N–H and O–H groups in total. The molecule has 0 heterocycles. The van der Waals surface area contributed by atoms with Gasteiger partial charge in [0, 0.05) is 6.04 Å². The van der Waals surface area contributed by atoms with E-state index in [1.807, 2.05) is 6.07 Å². The largest absolute Gasteiger partial charge is 0.497 e. The van der Waals surface area contributed by atoms with Gasteiger partial charge in [0.05, 0.1) is 7.11 Å². The molecule has 2 aromatic carbocycles. The summed E-state index contributed by atoms with van der Waals surface area (Å²) in [6, 6.07) is 13.2. The van der Waals surface area contributed by atoms with Crippen LogP contribution in [0.2, 0.25) is 0 Å². The SMILES string of the molecule is CCCNC(C)c1ccc2cc(OC)ccc2c1. The third kappa shape index (κ3) is 2.82. The second-order valence-electron chi connectivity index (χ2n) is 4.65. The highest BCUT2D eigenvalue weighted by Crippen LogP contribution is 2.24. The molecule has 2 aromatic rings. The van der Waals surface area contributed by atoms with Crippen LogP contribution in [0.15, 0.2) is 36.4 Å². The Labute approximate surface area is 109 Å². The van der Waals surface area contributed by atoms with Crippen LogP contribution >= 0.6 is 0 Å². The Morgan fingerprint density at radius 1 is 1.11 bits per heavy atom. The van der Waals surface area contributed by atoms with Gasteiger partial charge in [-0.15, -0.1) is 0 Å². The summed E-state index contributed by atoms with van der Waals surface area (Å²) >= 11 is 0. The molecule has 2 rings (SSSR count). The lowest BCUT2D eigenvalue weighted by Crippen LogP contribution is -2.19. The fourth-order valence-corrected chi connectivity index (χ4v) is 2.12. The fourth-order valence-electron chi connectivity index (χ4n) is 2.12. The van der Waals surface area contributed by atoms with Crippen molar-refractivity contribution >= 4 is 10.8 Å². The summed E-state index contributed by atoms with van der Waals surface area (Å²) in [5.41, 5.74) is 1.33. The highest BCUT2D eigenvalue weighted by Gasteiger charge is 2.05. The van der Waals surface area contributed by atoms with Crippen molar-refractivity contribution in [3.05, 3.63) is 42.0 Å². The molecule has 0 aliphatic carbocycles. The van der Waals surface area contributed by atoms with Crippen LogP contribution in [0, 0.1) is 0 Å². The third-order valence-electron chi connectivity index (χ3n) is 3.27. The number of rotatable bonds is 5. The quantitative estimate of drug-likeness (QED) is 0.859. The molecule has 2 nitrogen and oxygen atoms in total. The topological polar surface area (TPSA) is 21.3 Å². The Morgan fingerprint density at radius 2 is 1.83 bits per heavy atom. The van der Waals surface area contributed by atoms with Crippen LogP contribution in [0.5, 0.6) is 5.75 Å². The van der Waals surface area contributed by atoms with Gasteiger partial charge in [-0.1, -0.05) is 25.1 Å². The Kier molecular flexibility index (Phi) is 4.21. The van der Waals surface area contributed by atoms with E-state index in [0.717, 1.165) is 18.7 Å². The Balaban J connectivity index is 2.27. The van der Waals surface area contributed by atoms with Crippen molar-refractivity contribution in [1.82, 2.24) is 5.32 Å². The first kappa shape index (κ1) is 12.9. The van der Waals surface area contributed by atoms with Gasteiger partial charge in [-0.05, 0) is 54.4 Å². The monoisotopic (exact) mass is 243 g/mol. The van der Waals surface area contributed by atoms with Crippen molar-refractivity contribution in [1.29, 1.82) is 0 Å². The maximum absolute atomic E-state index is 5.24. The van der Waals surface area contributed by atoms with E-state index in [1.54, 1.807) is 7.11 Å². The first-order valence-corrected chi connectivity index (χ1v) is 6.55. The minimum atomic E-state index is 0.399. The average Bonchev–Trinajstić information content (AvgIpc) is 2.43. The number of hydrogen-bond donors (Lipinski definition) is 1. The smallest absolute Gasteiger partial charge is 0.119 e. The van der Waals surface area contributed by atoms with Gasteiger partial charge in [0.2, 0.25) is 0 Å². The number of hydrogen-bond acceptors (Lipinski definition) is 2. The summed E-state index contributed by atoms with van der Waals surface area (Å²) in [7, 11) is 1.70. The summed E-state index contributed by atoms with van der Waals surface area (Å²) in [4.78, 5) is 0. The summed E-state index contributed by atoms with van der Waals surface area (Å²) in [6.45, 7) is 5.45. The number of methoxy groups -OCH3 is 1. The summed E-state index contributed by atoms with van der Waals surface area (Å²) in [5.74, 6) is 0.910. The lowest BCUT2D eigenvalue weighted by atomic mass is 10.0.